The molecule has 5 heteroatoms. The van der Waals surface area contributed by atoms with Crippen molar-refractivity contribution in [3.63, 3.8) is 0 Å². The summed E-state index contributed by atoms with van der Waals surface area (Å²) in [7, 11) is 3.81. The smallest absolute Gasteiger partial charge is 0.297 e. The molecule has 0 spiro atoms. The highest BCUT2D eigenvalue weighted by Crippen LogP contribution is 2.19. The summed E-state index contributed by atoms with van der Waals surface area (Å²) in [6, 6.07) is 37.1. The lowest BCUT2D eigenvalue weighted by Crippen LogP contribution is -2.08. The van der Waals surface area contributed by atoms with Gasteiger partial charge in [-0.2, -0.15) is 4.98 Å². The fourth-order valence-corrected chi connectivity index (χ4v) is 3.20. The van der Waals surface area contributed by atoms with E-state index >= 15 is 0 Å². The van der Waals surface area contributed by atoms with Gasteiger partial charge in [-0.05, 0) is 36.8 Å². The maximum atomic E-state index is 5.44. The molecule has 2 aromatic heterocycles. The molecule has 0 aliphatic rings. The van der Waals surface area contributed by atoms with Gasteiger partial charge in [0.2, 0.25) is 0 Å². The summed E-state index contributed by atoms with van der Waals surface area (Å²) < 4.78 is 10.5. The van der Waals surface area contributed by atoms with E-state index in [2.05, 4.69) is 58.5 Å². The highest BCUT2D eigenvalue weighted by Gasteiger charge is 2.04. The molecular weight excluding hydrogens is 518 g/mol. The molecule has 6 aromatic rings. The number of rotatable bonds is 1. The Morgan fingerprint density at radius 3 is 1.21 bits per heavy atom. The fraction of sp³-hybridized carbons (Fsp3) is 0.297. The first-order valence-electron chi connectivity index (χ1n) is 14.8. The lowest BCUT2D eigenvalue weighted by Gasteiger charge is -2.03. The van der Waals surface area contributed by atoms with Gasteiger partial charge in [0.15, 0.2) is 11.5 Å². The van der Waals surface area contributed by atoms with Crippen LogP contribution in [-0.2, 0) is 0 Å². The van der Waals surface area contributed by atoms with Crippen LogP contribution in [0.25, 0.3) is 21.9 Å². The lowest BCUT2D eigenvalue weighted by atomic mass is 10.1. The van der Waals surface area contributed by atoms with Crippen molar-refractivity contribution >= 4 is 27.9 Å². The van der Waals surface area contributed by atoms with Gasteiger partial charge in [-0.25, -0.2) is 4.98 Å². The van der Waals surface area contributed by atoms with Crippen molar-refractivity contribution in [3.8, 4) is 0 Å². The Bertz CT molecular complexity index is 1310. The van der Waals surface area contributed by atoms with E-state index < -0.39 is 0 Å². The predicted octanol–water partition coefficient (Wildman–Crippen LogP) is 11.1. The van der Waals surface area contributed by atoms with Crippen LogP contribution in [0.1, 0.15) is 58.9 Å². The van der Waals surface area contributed by atoms with Gasteiger partial charge in [-0.15, -0.1) is 0 Å². The molecule has 226 valence electrons. The summed E-state index contributed by atoms with van der Waals surface area (Å²) in [6.45, 7) is 17.7. The summed E-state index contributed by atoms with van der Waals surface area (Å²) in [5.74, 6) is 1.67. The van der Waals surface area contributed by atoms with E-state index in [-0.39, 0.29) is 0 Å². The van der Waals surface area contributed by atoms with Crippen molar-refractivity contribution in [2.75, 3.05) is 19.0 Å². The molecule has 2 heterocycles. The Morgan fingerprint density at radius 2 is 0.905 bits per heavy atom. The van der Waals surface area contributed by atoms with Crippen LogP contribution < -0.4 is 4.90 Å². The number of benzene rings is 4. The molecule has 6 rings (SSSR count). The number of para-hydroxylation sites is 2. The minimum atomic E-state index is 0.649. The van der Waals surface area contributed by atoms with E-state index in [0.717, 1.165) is 28.4 Å². The highest BCUT2D eigenvalue weighted by molar-refractivity contribution is 5.82. The van der Waals surface area contributed by atoms with Gasteiger partial charge >= 0.3 is 0 Å². The molecule has 0 saturated heterocycles. The first-order valence-corrected chi connectivity index (χ1v) is 14.8. The second kappa shape index (κ2) is 23.3. The molecular formula is C37H51N3O2. The van der Waals surface area contributed by atoms with Crippen LogP contribution in [0.2, 0.25) is 0 Å². The average Bonchev–Trinajstić information content (AvgIpc) is 3.63. The summed E-state index contributed by atoms with van der Waals surface area (Å²) in [5.41, 5.74) is 2.73. The second-order valence-corrected chi connectivity index (χ2v) is 8.23. The summed E-state index contributed by atoms with van der Waals surface area (Å²) >= 11 is 0. The number of anilines is 1. The second-order valence-electron chi connectivity index (χ2n) is 8.23. The zero-order chi connectivity index (χ0) is 31.8. The molecule has 0 fully saturated rings. The fourth-order valence-electron chi connectivity index (χ4n) is 3.20. The largest absolute Gasteiger partial charge is 0.446 e. The Balaban J connectivity index is 0.000000514. The van der Waals surface area contributed by atoms with E-state index in [9.17, 15) is 0 Å². The van der Waals surface area contributed by atoms with E-state index in [1.54, 1.807) is 0 Å². The van der Waals surface area contributed by atoms with Crippen molar-refractivity contribution in [1.82, 2.24) is 9.97 Å². The summed E-state index contributed by atoms with van der Waals surface area (Å²) in [4.78, 5) is 10.2. The van der Waals surface area contributed by atoms with Crippen LogP contribution in [-0.4, -0.2) is 24.1 Å². The first-order chi connectivity index (χ1) is 20.4. The summed E-state index contributed by atoms with van der Waals surface area (Å²) in [6.07, 6.45) is 0. The van der Waals surface area contributed by atoms with E-state index in [4.69, 9.17) is 8.83 Å². The molecule has 4 aromatic carbocycles. The van der Waals surface area contributed by atoms with Gasteiger partial charge in [0.05, 0.1) is 5.69 Å². The topological polar surface area (TPSA) is 55.3 Å². The minimum Gasteiger partial charge on any atom is -0.446 e. The molecule has 0 bridgehead atoms. The van der Waals surface area contributed by atoms with Crippen LogP contribution in [0.5, 0.6) is 0 Å². The van der Waals surface area contributed by atoms with Gasteiger partial charge in [0, 0.05) is 21.0 Å². The zero-order valence-corrected chi connectivity index (χ0v) is 27.6. The average molecular weight is 570 g/mol. The van der Waals surface area contributed by atoms with Crippen molar-refractivity contribution in [3.05, 3.63) is 127 Å². The molecule has 0 aliphatic heterocycles. The number of nitrogens with zero attached hydrogens (tertiary/aromatic N) is 3. The van der Waals surface area contributed by atoms with Crippen molar-refractivity contribution in [1.29, 1.82) is 0 Å². The maximum absolute atomic E-state index is 5.44. The molecule has 5 nitrogen and oxygen atoms in total. The number of hydrogen-bond acceptors (Lipinski definition) is 5. The normalized spacial score (nSPS) is 8.83. The Kier molecular flexibility index (Phi) is 20.9. The predicted molar refractivity (Wildman–Crippen MR) is 183 cm³/mol. The SMILES string of the molecule is CC.CC.CC.CN(C)c1nc2ccccc2o1.Cc1nc(C)c(C)o1.c1ccc2ccccc2c1.c1ccccc1. The standard InChI is InChI=1S/C10H8.C9H10N2O.C6H9NO.C6H6.3C2H6/c1-2-6-10-8-4-3-7-9(10)5-1;1-11(2)9-10-7-5-3-4-6-8(7)12-9;1-4-5(2)8-6(3)7-4;1-2-4-6-5-3-1;3*1-2/h1-8H;3-6H,1-2H3;1-3H3;1-6H;3*1-2H3. The monoisotopic (exact) mass is 569 g/mol. The van der Waals surface area contributed by atoms with Gasteiger partial charge < -0.3 is 13.7 Å². The van der Waals surface area contributed by atoms with Crippen molar-refractivity contribution in [2.45, 2.75) is 62.3 Å². The maximum Gasteiger partial charge on any atom is 0.297 e. The van der Waals surface area contributed by atoms with Crippen LogP contribution >= 0.6 is 0 Å². The quantitative estimate of drug-likeness (QED) is 0.197. The molecule has 0 radical (unpaired) electrons. The Labute approximate surface area is 254 Å². The molecule has 0 N–H and O–H groups in total. The highest BCUT2D eigenvalue weighted by atomic mass is 16.4. The van der Waals surface area contributed by atoms with Gasteiger partial charge in [0.25, 0.3) is 6.01 Å². The van der Waals surface area contributed by atoms with Crippen molar-refractivity contribution in [2.24, 2.45) is 0 Å². The van der Waals surface area contributed by atoms with E-state index in [0.29, 0.717) is 6.01 Å². The third kappa shape index (κ3) is 14.3. The number of fused-ring (bicyclic) bond motifs is 2. The van der Waals surface area contributed by atoms with E-state index in [1.807, 2.05) is 142 Å². The Morgan fingerprint density at radius 1 is 0.500 bits per heavy atom. The molecule has 0 atom stereocenters. The number of aromatic nitrogens is 2. The minimum absolute atomic E-state index is 0.649. The number of oxazole rings is 2. The number of aryl methyl sites for hydroxylation is 3. The van der Waals surface area contributed by atoms with Crippen LogP contribution in [0.4, 0.5) is 6.01 Å². The van der Waals surface area contributed by atoms with Gasteiger partial charge in [-0.1, -0.05) is 139 Å². The Hall–Kier alpha value is -4.38. The number of hydrogen-bond donors (Lipinski definition) is 0. The summed E-state index contributed by atoms with van der Waals surface area (Å²) in [5, 5.41) is 2.62. The molecule has 0 unspecified atom stereocenters. The van der Waals surface area contributed by atoms with E-state index in [1.165, 1.54) is 10.8 Å². The van der Waals surface area contributed by atoms with Crippen LogP contribution in [0, 0.1) is 20.8 Å². The molecule has 42 heavy (non-hydrogen) atoms. The third-order valence-corrected chi connectivity index (χ3v) is 5.13. The van der Waals surface area contributed by atoms with Crippen molar-refractivity contribution < 1.29 is 8.83 Å². The molecule has 0 aliphatic carbocycles. The third-order valence-electron chi connectivity index (χ3n) is 5.13. The van der Waals surface area contributed by atoms with Gasteiger partial charge in [0.1, 0.15) is 11.3 Å². The first kappa shape index (κ1) is 37.6. The molecule has 0 amide bonds. The van der Waals surface area contributed by atoms with Crippen LogP contribution in [0.3, 0.4) is 0 Å². The van der Waals surface area contributed by atoms with Crippen LogP contribution in [0.15, 0.2) is 118 Å². The lowest BCUT2D eigenvalue weighted by molar-refractivity contribution is 0.493. The zero-order valence-electron chi connectivity index (χ0n) is 27.6. The van der Waals surface area contributed by atoms with Gasteiger partial charge in [-0.3, -0.25) is 0 Å². The molecule has 0 saturated carbocycles.